The summed E-state index contributed by atoms with van der Waals surface area (Å²) in [6.45, 7) is 11.6. The SMILES string of the molecule is [C-]#[N+][C@@H]1CCN(CC2(COc3nc(N4CC5CCC(C4)N5)c4cc(F)c(-c5cc(O)cc6cccc(C#C)c56)c(F)c4n3)CC2)C1. The second-order valence-electron chi connectivity index (χ2n) is 13.5. The molecule has 2 unspecified atom stereocenters. The van der Waals surface area contributed by atoms with E-state index in [1.165, 1.54) is 18.2 Å². The van der Waals surface area contributed by atoms with Gasteiger partial charge in [-0.15, -0.1) is 6.42 Å². The molecule has 2 N–H and O–H groups in total. The van der Waals surface area contributed by atoms with Crippen molar-refractivity contribution in [1.82, 2.24) is 20.2 Å². The molecule has 234 valence electrons. The van der Waals surface area contributed by atoms with Gasteiger partial charge >= 0.3 is 6.01 Å². The number of likely N-dealkylation sites (tertiary alicyclic amines) is 1. The number of halogens is 2. The van der Waals surface area contributed by atoms with E-state index in [1.807, 2.05) is 0 Å². The first-order valence-electron chi connectivity index (χ1n) is 16.0. The van der Waals surface area contributed by atoms with E-state index in [0.29, 0.717) is 41.9 Å². The fraction of sp³-hybridized carbons (Fsp3) is 0.417. The minimum Gasteiger partial charge on any atom is -0.508 e. The van der Waals surface area contributed by atoms with Crippen molar-refractivity contribution in [1.29, 1.82) is 0 Å². The van der Waals surface area contributed by atoms with Crippen LogP contribution in [0.15, 0.2) is 36.4 Å². The molecule has 3 saturated heterocycles. The van der Waals surface area contributed by atoms with Gasteiger partial charge in [-0.05, 0) is 55.3 Å². The number of anilines is 1. The van der Waals surface area contributed by atoms with Crippen LogP contribution in [0.2, 0.25) is 0 Å². The zero-order valence-electron chi connectivity index (χ0n) is 25.4. The van der Waals surface area contributed by atoms with Crippen LogP contribution in [0.1, 0.15) is 37.7 Å². The normalized spacial score (nSPS) is 23.5. The van der Waals surface area contributed by atoms with E-state index >= 15 is 8.78 Å². The molecule has 8 rings (SSSR count). The second kappa shape index (κ2) is 11.1. The highest BCUT2D eigenvalue weighted by Crippen LogP contribution is 2.47. The number of aromatic hydroxyl groups is 1. The Bertz CT molecular complexity index is 1950. The average molecular weight is 621 g/mol. The lowest BCUT2D eigenvalue weighted by Crippen LogP contribution is -2.51. The Morgan fingerprint density at radius 1 is 1.11 bits per heavy atom. The van der Waals surface area contributed by atoms with Gasteiger partial charge in [0.15, 0.2) is 5.82 Å². The van der Waals surface area contributed by atoms with Crippen LogP contribution in [0.25, 0.3) is 37.6 Å². The summed E-state index contributed by atoms with van der Waals surface area (Å²) >= 11 is 0. The fourth-order valence-electron chi connectivity index (χ4n) is 7.69. The summed E-state index contributed by atoms with van der Waals surface area (Å²) in [5.41, 5.74) is 0.215. The molecule has 4 aliphatic rings. The topological polar surface area (TPSA) is 78.1 Å². The monoisotopic (exact) mass is 620 g/mol. The van der Waals surface area contributed by atoms with E-state index in [2.05, 4.69) is 30.9 Å². The van der Waals surface area contributed by atoms with Gasteiger partial charge < -0.3 is 24.9 Å². The van der Waals surface area contributed by atoms with Crippen molar-refractivity contribution in [2.75, 3.05) is 44.2 Å². The lowest BCUT2D eigenvalue weighted by atomic mass is 9.93. The Labute approximate surface area is 266 Å². The third-order valence-corrected chi connectivity index (χ3v) is 10.2. The first kappa shape index (κ1) is 28.9. The minimum atomic E-state index is -0.858. The Morgan fingerprint density at radius 3 is 2.63 bits per heavy atom. The van der Waals surface area contributed by atoms with Crippen molar-refractivity contribution in [2.24, 2.45) is 5.41 Å². The van der Waals surface area contributed by atoms with E-state index in [9.17, 15) is 5.11 Å². The molecule has 46 heavy (non-hydrogen) atoms. The summed E-state index contributed by atoms with van der Waals surface area (Å²) in [7, 11) is 0. The Hall–Kier alpha value is -4.51. The second-order valence-corrected chi connectivity index (χ2v) is 13.5. The van der Waals surface area contributed by atoms with Crippen LogP contribution >= 0.6 is 0 Å². The van der Waals surface area contributed by atoms with E-state index in [4.69, 9.17) is 22.7 Å². The lowest BCUT2D eigenvalue weighted by Gasteiger charge is -2.34. The molecule has 2 bridgehead atoms. The van der Waals surface area contributed by atoms with Gasteiger partial charge in [0, 0.05) is 72.0 Å². The number of hydrogen-bond donors (Lipinski definition) is 2. The lowest BCUT2D eigenvalue weighted by molar-refractivity contribution is 0.170. The zero-order valence-corrected chi connectivity index (χ0v) is 25.4. The number of ether oxygens (including phenoxy) is 1. The first-order valence-corrected chi connectivity index (χ1v) is 16.0. The predicted octanol–water partition coefficient (Wildman–Crippen LogP) is 5.51. The van der Waals surface area contributed by atoms with Gasteiger partial charge in [-0.2, -0.15) is 9.97 Å². The summed E-state index contributed by atoms with van der Waals surface area (Å²) in [4.78, 5) is 17.5. The van der Waals surface area contributed by atoms with E-state index in [1.54, 1.807) is 18.2 Å². The average Bonchev–Trinajstić information content (AvgIpc) is 3.52. The number of fused-ring (bicyclic) bond motifs is 4. The number of aromatic nitrogens is 2. The number of phenols is 1. The smallest absolute Gasteiger partial charge is 0.319 e. The van der Waals surface area contributed by atoms with Gasteiger partial charge in [0.05, 0.1) is 18.7 Å². The van der Waals surface area contributed by atoms with Crippen molar-refractivity contribution in [2.45, 2.75) is 50.2 Å². The molecule has 3 aromatic carbocycles. The van der Waals surface area contributed by atoms with Crippen LogP contribution in [-0.4, -0.2) is 77.4 Å². The van der Waals surface area contributed by atoms with Crippen LogP contribution in [0.3, 0.4) is 0 Å². The maximum absolute atomic E-state index is 16.9. The maximum Gasteiger partial charge on any atom is 0.319 e. The van der Waals surface area contributed by atoms with Crippen molar-refractivity contribution in [3.63, 3.8) is 0 Å². The number of hydrogen-bond acceptors (Lipinski definition) is 7. The summed E-state index contributed by atoms with van der Waals surface area (Å²) < 4.78 is 39.4. The third kappa shape index (κ3) is 5.06. The molecule has 3 atom stereocenters. The molecule has 8 nitrogen and oxygen atoms in total. The minimum absolute atomic E-state index is 0.0405. The molecule has 1 aromatic heterocycles. The summed E-state index contributed by atoms with van der Waals surface area (Å²) in [5.74, 6) is 1.29. The largest absolute Gasteiger partial charge is 0.508 e. The molecule has 4 fully saturated rings. The molecular weight excluding hydrogens is 586 g/mol. The van der Waals surface area contributed by atoms with E-state index in [-0.39, 0.29) is 57.3 Å². The molecular formula is C36H34F2N6O2. The number of benzene rings is 3. The number of piperazine rings is 1. The van der Waals surface area contributed by atoms with Gasteiger partial charge in [-0.25, -0.2) is 15.4 Å². The maximum atomic E-state index is 16.9. The molecule has 1 aliphatic carbocycles. The van der Waals surface area contributed by atoms with Crippen LogP contribution in [0.5, 0.6) is 11.8 Å². The summed E-state index contributed by atoms with van der Waals surface area (Å²) in [6.07, 6.45) is 10.8. The van der Waals surface area contributed by atoms with Crippen molar-refractivity contribution in [3.8, 4) is 35.2 Å². The van der Waals surface area contributed by atoms with Gasteiger partial charge in [-0.3, -0.25) is 4.90 Å². The van der Waals surface area contributed by atoms with Gasteiger partial charge in [0.25, 0.3) is 0 Å². The van der Waals surface area contributed by atoms with Crippen LogP contribution in [0, 0.1) is 36.0 Å². The van der Waals surface area contributed by atoms with Crippen LogP contribution in [-0.2, 0) is 0 Å². The molecule has 10 heteroatoms. The number of nitrogens with zero attached hydrogens (tertiary/aromatic N) is 5. The fourth-order valence-corrected chi connectivity index (χ4v) is 7.69. The molecule has 4 aromatic rings. The van der Waals surface area contributed by atoms with Gasteiger partial charge in [0.1, 0.15) is 22.9 Å². The summed E-state index contributed by atoms with van der Waals surface area (Å²) in [5, 5.41) is 15.5. The Morgan fingerprint density at radius 2 is 1.91 bits per heavy atom. The van der Waals surface area contributed by atoms with Crippen molar-refractivity contribution in [3.05, 3.63) is 65.0 Å². The van der Waals surface area contributed by atoms with Crippen molar-refractivity contribution >= 4 is 27.5 Å². The molecule has 3 aliphatic heterocycles. The highest BCUT2D eigenvalue weighted by molar-refractivity contribution is 6.04. The van der Waals surface area contributed by atoms with Crippen molar-refractivity contribution < 1.29 is 18.6 Å². The highest BCUT2D eigenvalue weighted by Gasteiger charge is 2.46. The molecule has 1 saturated carbocycles. The molecule has 0 amide bonds. The highest BCUT2D eigenvalue weighted by atomic mass is 19.1. The number of phenolic OH excluding ortho intramolecular Hbond substituents is 1. The number of terminal acetylenes is 1. The first-order chi connectivity index (χ1) is 22.3. The van der Waals surface area contributed by atoms with Crippen LogP contribution < -0.4 is 15.0 Å². The van der Waals surface area contributed by atoms with Gasteiger partial charge in [0.2, 0.25) is 6.04 Å². The number of nitrogens with one attached hydrogen (secondary N) is 1. The molecule has 4 heterocycles. The zero-order chi connectivity index (χ0) is 31.6. The predicted molar refractivity (Wildman–Crippen MR) is 173 cm³/mol. The standard InChI is InChI=1S/C36H34F2N6O2/c1-3-21-5-4-6-22-13-26(45)14-27(30(21)22)31-29(37)15-28-33(32(31)38)41-35(42-34(28)44-17-24-7-8-25(18-44)40-24)46-20-36(10-11-36)19-43-12-9-23(16-43)39-2/h1,4-6,13-15,23-25,40,45H,7-12,16-20H2/t23-,24?,25?/m1/s1. The van der Waals surface area contributed by atoms with Gasteiger partial charge in [-0.1, -0.05) is 18.1 Å². The van der Waals surface area contributed by atoms with E-state index in [0.717, 1.165) is 51.7 Å². The Kier molecular flexibility index (Phi) is 6.97. The Balaban J connectivity index is 1.22. The van der Waals surface area contributed by atoms with E-state index < -0.39 is 11.6 Å². The molecule has 0 radical (unpaired) electrons. The van der Waals surface area contributed by atoms with Crippen LogP contribution in [0.4, 0.5) is 14.6 Å². The third-order valence-electron chi connectivity index (χ3n) is 10.2. The number of rotatable bonds is 7. The quantitative estimate of drug-likeness (QED) is 0.209. The summed E-state index contributed by atoms with van der Waals surface area (Å²) in [6, 6.07) is 10.0. The molecule has 0 spiro atoms.